The van der Waals surface area contributed by atoms with Crippen LogP contribution in [0.2, 0.25) is 0 Å². The van der Waals surface area contributed by atoms with Crippen LogP contribution in [0.4, 0.5) is 0 Å². The van der Waals surface area contributed by atoms with E-state index in [-0.39, 0.29) is 0 Å². The van der Waals surface area contributed by atoms with E-state index in [4.69, 9.17) is 4.74 Å². The van der Waals surface area contributed by atoms with Crippen LogP contribution in [0.5, 0.6) is 5.75 Å². The summed E-state index contributed by atoms with van der Waals surface area (Å²) in [6.07, 6.45) is 1.05. The standard InChI is InChI=1S/C8H8OS/c10-7-2-1-6-3-4-9-8(6)5-7/h1-2,5,10H,3-4H2. The average molecular weight is 152 g/mol. The van der Waals surface area contributed by atoms with Gasteiger partial charge in [0, 0.05) is 11.3 Å². The van der Waals surface area contributed by atoms with E-state index in [9.17, 15) is 0 Å². The summed E-state index contributed by atoms with van der Waals surface area (Å²) in [6.45, 7) is 0.826. The molecule has 0 spiro atoms. The van der Waals surface area contributed by atoms with Crippen LogP contribution in [0.1, 0.15) is 5.56 Å². The quantitative estimate of drug-likeness (QED) is 0.559. The molecule has 1 heterocycles. The van der Waals surface area contributed by atoms with Crippen molar-refractivity contribution in [3.8, 4) is 5.75 Å². The third-order valence-electron chi connectivity index (χ3n) is 1.68. The molecule has 0 radical (unpaired) electrons. The third-order valence-corrected chi connectivity index (χ3v) is 1.96. The van der Waals surface area contributed by atoms with Crippen molar-refractivity contribution in [1.29, 1.82) is 0 Å². The lowest BCUT2D eigenvalue weighted by atomic mass is 10.2. The number of hydrogen-bond acceptors (Lipinski definition) is 2. The molecule has 0 amide bonds. The van der Waals surface area contributed by atoms with Crippen molar-refractivity contribution in [2.75, 3.05) is 6.61 Å². The largest absolute Gasteiger partial charge is 0.493 e. The second kappa shape index (κ2) is 2.20. The van der Waals surface area contributed by atoms with Gasteiger partial charge in [0.25, 0.3) is 0 Å². The van der Waals surface area contributed by atoms with Gasteiger partial charge >= 0.3 is 0 Å². The second-order valence-corrected chi connectivity index (χ2v) is 2.91. The molecule has 0 saturated carbocycles. The SMILES string of the molecule is Sc1ccc2c(c1)OCC2. The van der Waals surface area contributed by atoms with Crippen LogP contribution in [-0.4, -0.2) is 6.61 Å². The van der Waals surface area contributed by atoms with Gasteiger partial charge in [0.1, 0.15) is 5.75 Å². The minimum absolute atomic E-state index is 0.826. The maximum atomic E-state index is 5.33. The number of hydrogen-bond donors (Lipinski definition) is 1. The van der Waals surface area contributed by atoms with Crippen LogP contribution >= 0.6 is 12.6 Å². The van der Waals surface area contributed by atoms with Gasteiger partial charge in [-0.15, -0.1) is 12.6 Å². The zero-order valence-corrected chi connectivity index (χ0v) is 6.40. The minimum atomic E-state index is 0.826. The lowest BCUT2D eigenvalue weighted by Crippen LogP contribution is -1.85. The average Bonchev–Trinajstić information content (AvgIpc) is 2.33. The van der Waals surface area contributed by atoms with Gasteiger partial charge in [0.15, 0.2) is 0 Å². The molecule has 0 fully saturated rings. The zero-order chi connectivity index (χ0) is 6.97. The number of fused-ring (bicyclic) bond motifs is 1. The topological polar surface area (TPSA) is 9.23 Å². The summed E-state index contributed by atoms with van der Waals surface area (Å²) in [7, 11) is 0. The van der Waals surface area contributed by atoms with Gasteiger partial charge < -0.3 is 4.74 Å². The third kappa shape index (κ3) is 0.886. The fourth-order valence-corrected chi connectivity index (χ4v) is 1.35. The molecule has 1 aliphatic heterocycles. The van der Waals surface area contributed by atoms with Crippen molar-refractivity contribution < 1.29 is 4.74 Å². The highest BCUT2D eigenvalue weighted by atomic mass is 32.1. The zero-order valence-electron chi connectivity index (χ0n) is 5.50. The van der Waals surface area contributed by atoms with Gasteiger partial charge in [-0.2, -0.15) is 0 Å². The van der Waals surface area contributed by atoms with Gasteiger partial charge in [-0.25, -0.2) is 0 Å². The fourth-order valence-electron chi connectivity index (χ4n) is 1.16. The fraction of sp³-hybridized carbons (Fsp3) is 0.250. The lowest BCUT2D eigenvalue weighted by molar-refractivity contribution is 0.356. The summed E-state index contributed by atoms with van der Waals surface area (Å²) in [5.74, 6) is 1.01. The molecular formula is C8H8OS. The Balaban J connectivity index is 2.52. The first-order valence-corrected chi connectivity index (χ1v) is 3.76. The molecule has 0 unspecified atom stereocenters. The minimum Gasteiger partial charge on any atom is -0.493 e. The normalized spacial score (nSPS) is 14.5. The highest BCUT2D eigenvalue weighted by molar-refractivity contribution is 7.80. The van der Waals surface area contributed by atoms with E-state index in [0.717, 1.165) is 23.7 Å². The van der Waals surface area contributed by atoms with Gasteiger partial charge in [-0.3, -0.25) is 0 Å². The first-order chi connectivity index (χ1) is 4.86. The Morgan fingerprint density at radius 2 is 2.30 bits per heavy atom. The first-order valence-electron chi connectivity index (χ1n) is 3.31. The second-order valence-electron chi connectivity index (χ2n) is 2.39. The molecule has 0 bridgehead atoms. The Kier molecular flexibility index (Phi) is 1.34. The Hall–Kier alpha value is -0.630. The highest BCUT2D eigenvalue weighted by Gasteiger charge is 2.10. The number of rotatable bonds is 0. The summed E-state index contributed by atoms with van der Waals surface area (Å²) in [5.41, 5.74) is 1.30. The first kappa shape index (κ1) is 6.10. The molecular weight excluding hydrogens is 144 g/mol. The van der Waals surface area contributed by atoms with Crippen molar-refractivity contribution in [2.45, 2.75) is 11.3 Å². The van der Waals surface area contributed by atoms with Crippen LogP contribution in [-0.2, 0) is 6.42 Å². The monoisotopic (exact) mass is 152 g/mol. The van der Waals surface area contributed by atoms with Gasteiger partial charge in [-0.05, 0) is 17.7 Å². The Morgan fingerprint density at radius 1 is 1.40 bits per heavy atom. The van der Waals surface area contributed by atoms with Crippen LogP contribution in [0.15, 0.2) is 23.1 Å². The molecule has 1 nitrogen and oxygen atoms in total. The number of benzene rings is 1. The van der Waals surface area contributed by atoms with E-state index in [1.807, 2.05) is 12.1 Å². The molecule has 2 rings (SSSR count). The summed E-state index contributed by atoms with van der Waals surface area (Å²) in [5, 5.41) is 0. The molecule has 0 aromatic heterocycles. The van der Waals surface area contributed by atoms with Crippen molar-refractivity contribution >= 4 is 12.6 Å². The highest BCUT2D eigenvalue weighted by Crippen LogP contribution is 2.26. The van der Waals surface area contributed by atoms with E-state index < -0.39 is 0 Å². The molecule has 1 aromatic carbocycles. The predicted molar refractivity (Wildman–Crippen MR) is 42.9 cm³/mol. The van der Waals surface area contributed by atoms with Crippen LogP contribution in [0.3, 0.4) is 0 Å². The van der Waals surface area contributed by atoms with Crippen molar-refractivity contribution in [3.63, 3.8) is 0 Å². The number of ether oxygens (including phenoxy) is 1. The maximum Gasteiger partial charge on any atom is 0.123 e. The molecule has 0 aliphatic carbocycles. The van der Waals surface area contributed by atoms with Crippen molar-refractivity contribution in [1.82, 2.24) is 0 Å². The van der Waals surface area contributed by atoms with E-state index in [2.05, 4.69) is 18.7 Å². The smallest absolute Gasteiger partial charge is 0.123 e. The molecule has 1 aliphatic rings. The van der Waals surface area contributed by atoms with Crippen molar-refractivity contribution in [2.24, 2.45) is 0 Å². The van der Waals surface area contributed by atoms with E-state index >= 15 is 0 Å². The Bertz CT molecular complexity index is 257. The van der Waals surface area contributed by atoms with Crippen LogP contribution in [0.25, 0.3) is 0 Å². The Labute approximate surface area is 65.4 Å². The molecule has 2 heteroatoms. The summed E-state index contributed by atoms with van der Waals surface area (Å²) in [6, 6.07) is 6.03. The van der Waals surface area contributed by atoms with E-state index in [1.54, 1.807) is 0 Å². The summed E-state index contributed by atoms with van der Waals surface area (Å²) < 4.78 is 5.33. The number of thiol groups is 1. The molecule has 0 saturated heterocycles. The van der Waals surface area contributed by atoms with Crippen LogP contribution in [0, 0.1) is 0 Å². The van der Waals surface area contributed by atoms with Gasteiger partial charge in [0.05, 0.1) is 6.61 Å². The lowest BCUT2D eigenvalue weighted by Gasteiger charge is -1.97. The maximum absolute atomic E-state index is 5.33. The van der Waals surface area contributed by atoms with Gasteiger partial charge in [0.2, 0.25) is 0 Å². The molecule has 0 atom stereocenters. The molecule has 0 N–H and O–H groups in total. The summed E-state index contributed by atoms with van der Waals surface area (Å²) in [4.78, 5) is 0.973. The summed E-state index contributed by atoms with van der Waals surface area (Å²) >= 11 is 4.20. The predicted octanol–water partition coefficient (Wildman–Crippen LogP) is 1.91. The van der Waals surface area contributed by atoms with E-state index in [1.165, 1.54) is 5.56 Å². The Morgan fingerprint density at radius 3 is 3.20 bits per heavy atom. The molecule has 52 valence electrons. The molecule has 1 aromatic rings. The van der Waals surface area contributed by atoms with E-state index in [0.29, 0.717) is 0 Å². The van der Waals surface area contributed by atoms with Crippen molar-refractivity contribution in [3.05, 3.63) is 23.8 Å². The van der Waals surface area contributed by atoms with Crippen LogP contribution < -0.4 is 4.74 Å². The van der Waals surface area contributed by atoms with Gasteiger partial charge in [-0.1, -0.05) is 6.07 Å². The molecule has 10 heavy (non-hydrogen) atoms.